The zero-order valence-corrected chi connectivity index (χ0v) is 11.6. The highest BCUT2D eigenvalue weighted by Gasteiger charge is 2.09. The number of rotatable bonds is 5. The molecule has 0 saturated carbocycles. The molecule has 0 saturated heterocycles. The maximum atomic E-state index is 11.5. The molecule has 0 aliphatic heterocycles. The van der Waals surface area contributed by atoms with Gasteiger partial charge in [0.1, 0.15) is 17.5 Å². The van der Waals surface area contributed by atoms with Crippen LogP contribution in [0.25, 0.3) is 0 Å². The molecule has 6 heteroatoms. The third kappa shape index (κ3) is 3.87. The number of carbonyl (C=O) groups excluding carboxylic acids is 1. The molecule has 0 spiro atoms. The highest BCUT2D eigenvalue weighted by atomic mass is 16.2. The van der Waals surface area contributed by atoms with Gasteiger partial charge in [-0.3, -0.25) is 4.79 Å². The Morgan fingerprint density at radius 3 is 2.44 bits per heavy atom. The van der Waals surface area contributed by atoms with E-state index in [9.17, 15) is 4.79 Å². The monoisotopic (exact) mass is 251 g/mol. The molecule has 2 N–H and O–H groups in total. The smallest absolute Gasteiger partial charge is 0.241 e. The van der Waals surface area contributed by atoms with E-state index in [4.69, 9.17) is 0 Å². The lowest BCUT2D eigenvalue weighted by Crippen LogP contribution is -2.29. The third-order valence-electron chi connectivity index (χ3n) is 2.44. The third-order valence-corrected chi connectivity index (χ3v) is 2.44. The van der Waals surface area contributed by atoms with Gasteiger partial charge in [-0.2, -0.15) is 0 Å². The van der Waals surface area contributed by atoms with E-state index in [1.165, 1.54) is 4.90 Å². The predicted molar refractivity (Wildman–Crippen MR) is 72.9 cm³/mol. The van der Waals surface area contributed by atoms with Gasteiger partial charge in [-0.1, -0.05) is 13.8 Å². The molecular formula is C12H21N5O. The van der Waals surface area contributed by atoms with Crippen molar-refractivity contribution in [3.8, 4) is 0 Å². The predicted octanol–water partition coefficient (Wildman–Crippen LogP) is 1.14. The molecule has 100 valence electrons. The second-order valence-electron chi connectivity index (χ2n) is 4.54. The van der Waals surface area contributed by atoms with E-state index in [-0.39, 0.29) is 18.4 Å². The van der Waals surface area contributed by atoms with Crippen molar-refractivity contribution in [3.05, 3.63) is 11.9 Å². The SMILES string of the molecule is CNc1cc(NCC(=O)N(C)C)nc(C(C)C)n1. The molecule has 0 radical (unpaired) electrons. The maximum absolute atomic E-state index is 11.5. The van der Waals surface area contributed by atoms with Gasteiger partial charge in [-0.15, -0.1) is 0 Å². The molecule has 1 rings (SSSR count). The second kappa shape index (κ2) is 6.18. The molecule has 1 amide bonds. The van der Waals surface area contributed by atoms with Crippen molar-refractivity contribution in [1.82, 2.24) is 14.9 Å². The van der Waals surface area contributed by atoms with Crippen LogP contribution < -0.4 is 10.6 Å². The molecule has 1 aromatic heterocycles. The minimum absolute atomic E-state index is 0.00529. The minimum Gasteiger partial charge on any atom is -0.373 e. The maximum Gasteiger partial charge on any atom is 0.241 e. The summed E-state index contributed by atoms with van der Waals surface area (Å²) in [5, 5.41) is 6.00. The van der Waals surface area contributed by atoms with Crippen molar-refractivity contribution in [1.29, 1.82) is 0 Å². The Bertz CT molecular complexity index is 417. The van der Waals surface area contributed by atoms with Crippen LogP contribution in [0.2, 0.25) is 0 Å². The molecule has 0 fully saturated rings. The van der Waals surface area contributed by atoms with Gasteiger partial charge >= 0.3 is 0 Å². The Morgan fingerprint density at radius 2 is 1.94 bits per heavy atom. The molecule has 18 heavy (non-hydrogen) atoms. The zero-order valence-electron chi connectivity index (χ0n) is 11.6. The largest absolute Gasteiger partial charge is 0.373 e. The Balaban J connectivity index is 2.81. The molecule has 6 nitrogen and oxygen atoms in total. The first-order valence-electron chi connectivity index (χ1n) is 5.94. The summed E-state index contributed by atoms with van der Waals surface area (Å²) < 4.78 is 0. The number of aromatic nitrogens is 2. The van der Waals surface area contributed by atoms with Crippen LogP contribution in [-0.2, 0) is 4.79 Å². The second-order valence-corrected chi connectivity index (χ2v) is 4.54. The van der Waals surface area contributed by atoms with Crippen molar-refractivity contribution >= 4 is 17.5 Å². The summed E-state index contributed by atoms with van der Waals surface area (Å²) in [5.41, 5.74) is 0. The minimum atomic E-state index is 0.00529. The number of anilines is 2. The van der Waals surface area contributed by atoms with Crippen LogP contribution in [0.15, 0.2) is 6.07 Å². The number of likely N-dealkylation sites (N-methyl/N-ethyl adjacent to an activating group) is 1. The number of carbonyl (C=O) groups is 1. The van der Waals surface area contributed by atoms with Crippen LogP contribution in [0, 0.1) is 0 Å². The van der Waals surface area contributed by atoms with Gasteiger partial charge in [0.15, 0.2) is 0 Å². The highest BCUT2D eigenvalue weighted by Crippen LogP contribution is 2.16. The fourth-order valence-electron chi connectivity index (χ4n) is 1.27. The Hall–Kier alpha value is -1.85. The first kappa shape index (κ1) is 14.2. The average molecular weight is 251 g/mol. The van der Waals surface area contributed by atoms with Gasteiger partial charge < -0.3 is 15.5 Å². The van der Waals surface area contributed by atoms with Crippen molar-refractivity contribution in [2.45, 2.75) is 19.8 Å². The summed E-state index contributed by atoms with van der Waals surface area (Å²) in [4.78, 5) is 21.8. The molecule has 0 unspecified atom stereocenters. The van der Waals surface area contributed by atoms with E-state index in [2.05, 4.69) is 20.6 Å². The van der Waals surface area contributed by atoms with Crippen molar-refractivity contribution in [3.63, 3.8) is 0 Å². The number of nitrogens with zero attached hydrogens (tertiary/aromatic N) is 3. The number of amides is 1. The van der Waals surface area contributed by atoms with E-state index in [0.717, 1.165) is 11.6 Å². The summed E-state index contributed by atoms with van der Waals surface area (Å²) in [6, 6.07) is 1.79. The summed E-state index contributed by atoms with van der Waals surface area (Å²) >= 11 is 0. The molecule has 0 atom stereocenters. The average Bonchev–Trinajstić information content (AvgIpc) is 2.35. The van der Waals surface area contributed by atoms with Gasteiger partial charge in [-0.05, 0) is 0 Å². The molecule has 0 aliphatic rings. The number of nitrogens with one attached hydrogen (secondary N) is 2. The van der Waals surface area contributed by atoms with Crippen LogP contribution in [0.3, 0.4) is 0 Å². The summed E-state index contributed by atoms with van der Waals surface area (Å²) in [6.07, 6.45) is 0. The lowest BCUT2D eigenvalue weighted by molar-refractivity contribution is -0.126. The van der Waals surface area contributed by atoms with Gasteiger partial charge in [0.05, 0.1) is 6.54 Å². The molecular weight excluding hydrogens is 230 g/mol. The quantitative estimate of drug-likeness (QED) is 0.821. The van der Waals surface area contributed by atoms with E-state index in [0.29, 0.717) is 5.82 Å². The fourth-order valence-corrected chi connectivity index (χ4v) is 1.27. The number of hydrogen-bond donors (Lipinski definition) is 2. The highest BCUT2D eigenvalue weighted by molar-refractivity contribution is 5.80. The Morgan fingerprint density at radius 1 is 1.33 bits per heavy atom. The fraction of sp³-hybridized carbons (Fsp3) is 0.583. The van der Waals surface area contributed by atoms with Crippen LogP contribution in [0.1, 0.15) is 25.6 Å². The van der Waals surface area contributed by atoms with E-state index in [1.807, 2.05) is 13.8 Å². The zero-order chi connectivity index (χ0) is 13.7. The summed E-state index contributed by atoms with van der Waals surface area (Å²) in [7, 11) is 5.26. The van der Waals surface area contributed by atoms with Gasteiger partial charge in [0, 0.05) is 33.1 Å². The molecule has 0 aromatic carbocycles. The van der Waals surface area contributed by atoms with Crippen LogP contribution >= 0.6 is 0 Å². The van der Waals surface area contributed by atoms with Crippen molar-refractivity contribution < 1.29 is 4.79 Å². The summed E-state index contributed by atoms with van der Waals surface area (Å²) in [6.45, 7) is 4.29. The van der Waals surface area contributed by atoms with E-state index < -0.39 is 0 Å². The molecule has 1 aromatic rings. The first-order chi connectivity index (χ1) is 8.43. The normalized spacial score (nSPS) is 10.3. The summed E-state index contributed by atoms with van der Waals surface area (Å²) in [5.74, 6) is 2.40. The lowest BCUT2D eigenvalue weighted by Gasteiger charge is -2.13. The topological polar surface area (TPSA) is 70.2 Å². The van der Waals surface area contributed by atoms with Gasteiger partial charge in [0.25, 0.3) is 0 Å². The number of hydrogen-bond acceptors (Lipinski definition) is 5. The molecule has 0 aliphatic carbocycles. The van der Waals surface area contributed by atoms with E-state index in [1.54, 1.807) is 27.2 Å². The van der Waals surface area contributed by atoms with Crippen molar-refractivity contribution in [2.24, 2.45) is 0 Å². The Labute approximate surface area is 108 Å². The van der Waals surface area contributed by atoms with Crippen LogP contribution in [-0.4, -0.2) is 48.5 Å². The first-order valence-corrected chi connectivity index (χ1v) is 5.94. The van der Waals surface area contributed by atoms with Crippen LogP contribution in [0.5, 0.6) is 0 Å². The van der Waals surface area contributed by atoms with Crippen LogP contribution in [0.4, 0.5) is 11.6 Å². The van der Waals surface area contributed by atoms with Gasteiger partial charge in [0.2, 0.25) is 5.91 Å². The molecule has 1 heterocycles. The van der Waals surface area contributed by atoms with E-state index >= 15 is 0 Å². The van der Waals surface area contributed by atoms with Crippen molar-refractivity contribution in [2.75, 3.05) is 38.3 Å². The Kier molecular flexibility index (Phi) is 4.88. The van der Waals surface area contributed by atoms with Gasteiger partial charge in [-0.25, -0.2) is 9.97 Å². The standard InChI is InChI=1S/C12H21N5O/c1-8(2)12-15-9(13-3)6-10(16-12)14-7-11(18)17(4)5/h6,8H,7H2,1-5H3,(H2,13,14,15,16). The molecule has 0 bridgehead atoms. The lowest BCUT2D eigenvalue weighted by atomic mass is 10.2.